The molecule has 1 aliphatic rings. The van der Waals surface area contributed by atoms with Crippen molar-refractivity contribution >= 4 is 11.7 Å². The van der Waals surface area contributed by atoms with E-state index in [-0.39, 0.29) is 5.91 Å². The van der Waals surface area contributed by atoms with Crippen LogP contribution < -0.4 is 5.73 Å². The summed E-state index contributed by atoms with van der Waals surface area (Å²) in [6, 6.07) is 0. The van der Waals surface area contributed by atoms with Crippen molar-refractivity contribution in [2.75, 3.05) is 18.8 Å². The predicted octanol–water partition coefficient (Wildman–Crippen LogP) is 0.484. The van der Waals surface area contributed by atoms with Crippen LogP contribution in [0.25, 0.3) is 0 Å². The first-order chi connectivity index (χ1) is 7.09. The summed E-state index contributed by atoms with van der Waals surface area (Å²) < 4.78 is 1.52. The highest BCUT2D eigenvalue weighted by molar-refractivity contribution is 5.98. The lowest BCUT2D eigenvalue weighted by molar-refractivity contribution is 0.0789. The van der Waals surface area contributed by atoms with Crippen molar-refractivity contribution in [3.8, 4) is 0 Å². The number of likely N-dealkylation sites (tertiary alicyclic amines) is 1. The number of amides is 1. The molecule has 2 heterocycles. The van der Waals surface area contributed by atoms with E-state index < -0.39 is 0 Å². The minimum atomic E-state index is 0.00458. The molecule has 1 amide bonds. The van der Waals surface area contributed by atoms with E-state index in [2.05, 4.69) is 12.0 Å². The number of hydrogen-bond acceptors (Lipinski definition) is 3. The maximum absolute atomic E-state index is 12.0. The Hall–Kier alpha value is -1.52. The fourth-order valence-corrected chi connectivity index (χ4v) is 1.90. The van der Waals surface area contributed by atoms with E-state index in [4.69, 9.17) is 5.73 Å². The van der Waals surface area contributed by atoms with Gasteiger partial charge in [0.1, 0.15) is 11.4 Å². The maximum Gasteiger partial charge on any atom is 0.259 e. The number of nitrogens with two attached hydrogens (primary N) is 1. The molecule has 0 spiro atoms. The quantitative estimate of drug-likeness (QED) is 0.730. The molecule has 1 aromatic heterocycles. The number of anilines is 1. The standard InChI is InChI=1S/C10H16N4O/c1-7-3-4-14(6-7)10(15)8-5-12-13(2)9(8)11/h5,7H,3-4,6,11H2,1-2H3. The van der Waals surface area contributed by atoms with Gasteiger partial charge in [0.2, 0.25) is 0 Å². The smallest absolute Gasteiger partial charge is 0.259 e. The van der Waals surface area contributed by atoms with Crippen LogP contribution in [0.15, 0.2) is 6.20 Å². The van der Waals surface area contributed by atoms with Crippen molar-refractivity contribution in [2.24, 2.45) is 13.0 Å². The lowest BCUT2D eigenvalue weighted by Crippen LogP contribution is -2.28. The summed E-state index contributed by atoms with van der Waals surface area (Å²) in [5.41, 5.74) is 6.28. The Morgan fingerprint density at radius 1 is 1.67 bits per heavy atom. The highest BCUT2D eigenvalue weighted by Crippen LogP contribution is 2.20. The van der Waals surface area contributed by atoms with Crippen molar-refractivity contribution < 1.29 is 4.79 Å². The van der Waals surface area contributed by atoms with Gasteiger partial charge in [0.05, 0.1) is 6.20 Å². The first-order valence-corrected chi connectivity index (χ1v) is 5.16. The third kappa shape index (κ3) is 1.69. The van der Waals surface area contributed by atoms with Gasteiger partial charge in [0.15, 0.2) is 0 Å². The zero-order valence-corrected chi connectivity index (χ0v) is 9.10. The lowest BCUT2D eigenvalue weighted by Gasteiger charge is -2.14. The Morgan fingerprint density at radius 3 is 2.87 bits per heavy atom. The molecule has 2 N–H and O–H groups in total. The molecule has 82 valence electrons. The number of rotatable bonds is 1. The summed E-state index contributed by atoms with van der Waals surface area (Å²) in [6.07, 6.45) is 2.62. The summed E-state index contributed by atoms with van der Waals surface area (Å²) in [7, 11) is 1.73. The molecule has 15 heavy (non-hydrogen) atoms. The fourth-order valence-electron chi connectivity index (χ4n) is 1.90. The average molecular weight is 208 g/mol. The fraction of sp³-hybridized carbons (Fsp3) is 0.600. The maximum atomic E-state index is 12.0. The van der Waals surface area contributed by atoms with Crippen LogP contribution in [0.1, 0.15) is 23.7 Å². The van der Waals surface area contributed by atoms with Crippen molar-refractivity contribution in [3.05, 3.63) is 11.8 Å². The molecule has 0 saturated carbocycles. The summed E-state index contributed by atoms with van der Waals surface area (Å²) in [6.45, 7) is 3.81. The van der Waals surface area contributed by atoms with E-state index in [9.17, 15) is 4.79 Å². The van der Waals surface area contributed by atoms with E-state index >= 15 is 0 Å². The average Bonchev–Trinajstić information content (AvgIpc) is 2.75. The second-order valence-electron chi connectivity index (χ2n) is 4.21. The molecule has 5 nitrogen and oxygen atoms in total. The Kier molecular flexibility index (Phi) is 2.38. The van der Waals surface area contributed by atoms with Crippen molar-refractivity contribution in [2.45, 2.75) is 13.3 Å². The normalized spacial score (nSPS) is 20.9. The topological polar surface area (TPSA) is 64.2 Å². The molecule has 2 rings (SSSR count). The number of aromatic nitrogens is 2. The summed E-state index contributed by atoms with van der Waals surface area (Å²) in [4.78, 5) is 13.9. The molecule has 1 fully saturated rings. The van der Waals surface area contributed by atoms with E-state index in [1.807, 2.05) is 4.90 Å². The van der Waals surface area contributed by atoms with Gasteiger partial charge < -0.3 is 10.6 Å². The van der Waals surface area contributed by atoms with E-state index in [1.54, 1.807) is 13.2 Å². The Labute approximate surface area is 88.8 Å². The SMILES string of the molecule is CC1CCN(C(=O)c2cnn(C)c2N)C1. The monoisotopic (exact) mass is 208 g/mol. The van der Waals surface area contributed by atoms with Gasteiger partial charge in [-0.25, -0.2) is 0 Å². The van der Waals surface area contributed by atoms with Gasteiger partial charge in [0, 0.05) is 20.1 Å². The van der Waals surface area contributed by atoms with E-state index in [0.29, 0.717) is 17.3 Å². The van der Waals surface area contributed by atoms with Gasteiger partial charge in [-0.2, -0.15) is 5.10 Å². The first-order valence-electron chi connectivity index (χ1n) is 5.16. The second kappa shape index (κ2) is 3.56. The van der Waals surface area contributed by atoms with Gasteiger partial charge in [0.25, 0.3) is 5.91 Å². The number of hydrogen-bond donors (Lipinski definition) is 1. The Balaban J connectivity index is 2.18. The van der Waals surface area contributed by atoms with Crippen LogP contribution in [0.4, 0.5) is 5.82 Å². The highest BCUT2D eigenvalue weighted by Gasteiger charge is 2.26. The van der Waals surface area contributed by atoms with Crippen LogP contribution in [0, 0.1) is 5.92 Å². The van der Waals surface area contributed by atoms with Gasteiger partial charge in [-0.05, 0) is 12.3 Å². The predicted molar refractivity (Wildman–Crippen MR) is 57.3 cm³/mol. The third-order valence-corrected chi connectivity index (χ3v) is 2.93. The molecule has 1 atom stereocenters. The van der Waals surface area contributed by atoms with Crippen molar-refractivity contribution in [1.29, 1.82) is 0 Å². The summed E-state index contributed by atoms with van der Waals surface area (Å²) in [5.74, 6) is 1.04. The number of aryl methyl sites for hydroxylation is 1. The minimum absolute atomic E-state index is 0.00458. The number of nitrogens with zero attached hydrogens (tertiary/aromatic N) is 3. The zero-order chi connectivity index (χ0) is 11.0. The molecule has 0 aromatic carbocycles. The van der Waals surface area contributed by atoms with Crippen molar-refractivity contribution in [1.82, 2.24) is 14.7 Å². The molecule has 0 aliphatic carbocycles. The third-order valence-electron chi connectivity index (χ3n) is 2.93. The molecular weight excluding hydrogens is 192 g/mol. The van der Waals surface area contributed by atoms with Gasteiger partial charge in [-0.3, -0.25) is 9.48 Å². The van der Waals surface area contributed by atoms with Crippen LogP contribution in [-0.2, 0) is 7.05 Å². The number of carbonyl (C=O) groups is 1. The van der Waals surface area contributed by atoms with E-state index in [1.165, 1.54) is 4.68 Å². The molecular formula is C10H16N4O. The summed E-state index contributed by atoms with van der Waals surface area (Å²) >= 11 is 0. The molecule has 1 aromatic rings. The van der Waals surface area contributed by atoms with Crippen LogP contribution in [0.2, 0.25) is 0 Å². The van der Waals surface area contributed by atoms with Gasteiger partial charge >= 0.3 is 0 Å². The lowest BCUT2D eigenvalue weighted by atomic mass is 10.2. The first kappa shape index (κ1) is 10.0. The van der Waals surface area contributed by atoms with Crippen LogP contribution in [0.3, 0.4) is 0 Å². The van der Waals surface area contributed by atoms with Gasteiger partial charge in [-0.15, -0.1) is 0 Å². The molecule has 5 heteroatoms. The van der Waals surface area contributed by atoms with Crippen molar-refractivity contribution in [3.63, 3.8) is 0 Å². The largest absolute Gasteiger partial charge is 0.383 e. The molecule has 1 saturated heterocycles. The molecule has 1 unspecified atom stereocenters. The number of carbonyl (C=O) groups excluding carboxylic acids is 1. The second-order valence-corrected chi connectivity index (χ2v) is 4.21. The zero-order valence-electron chi connectivity index (χ0n) is 9.10. The number of nitrogen functional groups attached to an aromatic ring is 1. The van der Waals surface area contributed by atoms with Crippen LogP contribution >= 0.6 is 0 Å². The van der Waals surface area contributed by atoms with E-state index in [0.717, 1.165) is 19.5 Å². The Morgan fingerprint density at radius 2 is 2.40 bits per heavy atom. The summed E-state index contributed by atoms with van der Waals surface area (Å²) in [5, 5.41) is 3.97. The van der Waals surface area contributed by atoms with Crippen LogP contribution in [-0.4, -0.2) is 33.7 Å². The molecule has 0 radical (unpaired) electrons. The highest BCUT2D eigenvalue weighted by atomic mass is 16.2. The molecule has 0 bridgehead atoms. The molecule has 1 aliphatic heterocycles. The Bertz CT molecular complexity index is 385. The van der Waals surface area contributed by atoms with Crippen LogP contribution in [0.5, 0.6) is 0 Å². The minimum Gasteiger partial charge on any atom is -0.383 e. The van der Waals surface area contributed by atoms with Gasteiger partial charge in [-0.1, -0.05) is 6.92 Å².